The number of carbonyl (C=O) groups excluding carboxylic acids is 1. The first kappa shape index (κ1) is 17.5. The molecule has 9 nitrogen and oxygen atoms in total. The summed E-state index contributed by atoms with van der Waals surface area (Å²) in [5, 5.41) is 7.23. The minimum atomic E-state index is -3.98. The van der Waals surface area contributed by atoms with Crippen molar-refractivity contribution in [3.8, 4) is 11.5 Å². The van der Waals surface area contributed by atoms with Gasteiger partial charge in [0, 0.05) is 19.3 Å². The van der Waals surface area contributed by atoms with E-state index in [2.05, 4.69) is 25.5 Å². The number of amides is 1. The van der Waals surface area contributed by atoms with Crippen LogP contribution in [0.1, 0.15) is 19.8 Å². The van der Waals surface area contributed by atoms with Gasteiger partial charge in [-0.3, -0.25) is 9.78 Å². The van der Waals surface area contributed by atoms with Crippen molar-refractivity contribution >= 4 is 15.7 Å². The van der Waals surface area contributed by atoms with Crippen LogP contribution in [0.3, 0.4) is 0 Å². The van der Waals surface area contributed by atoms with Crippen LogP contribution in [0.25, 0.3) is 11.5 Å². The second-order valence-corrected chi connectivity index (χ2v) is 7.93. The lowest BCUT2D eigenvalue weighted by Gasteiger charge is -2.14. The predicted octanol–water partition coefficient (Wildman–Crippen LogP) is 0.324. The summed E-state index contributed by atoms with van der Waals surface area (Å²) in [6.45, 7) is 2.29. The minimum absolute atomic E-state index is 0.0557. The molecule has 0 aliphatic carbocycles. The summed E-state index contributed by atoms with van der Waals surface area (Å²) in [5.74, 6) is -0.433. The Bertz CT molecular complexity index is 831. The first-order valence-corrected chi connectivity index (χ1v) is 9.50. The second kappa shape index (κ2) is 7.28. The molecular formula is C15H19N5O4S. The smallest absolute Gasteiger partial charge is 0.244 e. The zero-order valence-electron chi connectivity index (χ0n) is 13.7. The molecule has 0 spiro atoms. The highest BCUT2D eigenvalue weighted by atomic mass is 32.2. The van der Waals surface area contributed by atoms with E-state index in [0.29, 0.717) is 18.8 Å². The largest absolute Gasteiger partial charge is 0.376 e. The minimum Gasteiger partial charge on any atom is -0.376 e. The van der Waals surface area contributed by atoms with Gasteiger partial charge in [0.25, 0.3) is 0 Å². The van der Waals surface area contributed by atoms with E-state index >= 15 is 0 Å². The monoisotopic (exact) mass is 365 g/mol. The maximum absolute atomic E-state index is 12.6. The standard InChI is InChI=1S/C15H19N5O4S/c1-10(14(21)17-9-11-5-4-8-24-11)25(22,23)15-18-13(19-20-15)12-6-2-3-7-16-12/h2-3,6-7,10-11H,4-5,8-9H2,1H3,(H,17,21)(H,18,19,20)/t10-,11+/m0/s1. The summed E-state index contributed by atoms with van der Waals surface area (Å²) in [4.78, 5) is 20.2. The van der Waals surface area contributed by atoms with Crippen molar-refractivity contribution in [3.05, 3.63) is 24.4 Å². The molecule has 10 heteroatoms. The molecule has 3 heterocycles. The Morgan fingerprint density at radius 3 is 3.00 bits per heavy atom. The number of nitrogens with one attached hydrogen (secondary N) is 2. The summed E-state index contributed by atoms with van der Waals surface area (Å²) in [5.41, 5.74) is 0.440. The molecule has 2 aromatic rings. The van der Waals surface area contributed by atoms with Crippen LogP contribution < -0.4 is 5.32 Å². The fourth-order valence-corrected chi connectivity index (χ4v) is 3.54. The summed E-state index contributed by atoms with van der Waals surface area (Å²) in [6.07, 6.45) is 3.31. The van der Waals surface area contributed by atoms with Gasteiger partial charge in [0.1, 0.15) is 10.9 Å². The van der Waals surface area contributed by atoms with Crippen LogP contribution in [0.2, 0.25) is 0 Å². The van der Waals surface area contributed by atoms with Gasteiger partial charge in [-0.2, -0.15) is 10.1 Å². The molecule has 0 bridgehead atoms. The number of hydrogen-bond acceptors (Lipinski definition) is 7. The molecule has 2 N–H and O–H groups in total. The number of aromatic nitrogens is 4. The second-order valence-electron chi connectivity index (χ2n) is 5.75. The highest BCUT2D eigenvalue weighted by Gasteiger charge is 2.33. The number of pyridine rings is 1. The Balaban J connectivity index is 1.70. The van der Waals surface area contributed by atoms with Gasteiger partial charge in [0.2, 0.25) is 26.7 Å². The first-order chi connectivity index (χ1) is 12.0. The fraction of sp³-hybridized carbons (Fsp3) is 0.467. The fourth-order valence-electron chi connectivity index (χ4n) is 2.46. The van der Waals surface area contributed by atoms with E-state index in [9.17, 15) is 13.2 Å². The summed E-state index contributed by atoms with van der Waals surface area (Å²) < 4.78 is 30.5. The van der Waals surface area contributed by atoms with E-state index in [-0.39, 0.29) is 17.1 Å². The van der Waals surface area contributed by atoms with Crippen molar-refractivity contribution in [3.63, 3.8) is 0 Å². The van der Waals surface area contributed by atoms with E-state index in [1.54, 1.807) is 24.4 Å². The van der Waals surface area contributed by atoms with Crippen LogP contribution in [0.4, 0.5) is 0 Å². The highest BCUT2D eigenvalue weighted by molar-refractivity contribution is 7.92. The molecule has 2 aromatic heterocycles. The molecule has 1 fully saturated rings. The van der Waals surface area contributed by atoms with E-state index in [1.165, 1.54) is 6.92 Å². The van der Waals surface area contributed by atoms with Crippen LogP contribution in [0, 0.1) is 0 Å². The quantitative estimate of drug-likeness (QED) is 0.755. The lowest BCUT2D eigenvalue weighted by molar-refractivity contribution is -0.120. The number of H-pyrrole nitrogens is 1. The van der Waals surface area contributed by atoms with Gasteiger partial charge in [-0.1, -0.05) is 6.07 Å². The Morgan fingerprint density at radius 1 is 1.48 bits per heavy atom. The molecule has 1 aliphatic rings. The van der Waals surface area contributed by atoms with Crippen molar-refractivity contribution in [1.29, 1.82) is 0 Å². The molecular weight excluding hydrogens is 346 g/mol. The van der Waals surface area contributed by atoms with Gasteiger partial charge in [-0.15, -0.1) is 0 Å². The predicted molar refractivity (Wildman–Crippen MR) is 88.2 cm³/mol. The molecule has 0 aromatic carbocycles. The van der Waals surface area contributed by atoms with Crippen molar-refractivity contribution < 1.29 is 17.9 Å². The van der Waals surface area contributed by atoms with Gasteiger partial charge in [0.15, 0.2) is 0 Å². The lowest BCUT2D eigenvalue weighted by atomic mass is 10.2. The molecule has 25 heavy (non-hydrogen) atoms. The van der Waals surface area contributed by atoms with Crippen LogP contribution in [-0.4, -0.2) is 59.0 Å². The molecule has 1 aliphatic heterocycles. The highest BCUT2D eigenvalue weighted by Crippen LogP contribution is 2.17. The van der Waals surface area contributed by atoms with Crippen LogP contribution in [0.5, 0.6) is 0 Å². The molecule has 0 radical (unpaired) electrons. The molecule has 0 saturated carbocycles. The number of sulfone groups is 1. The molecule has 3 rings (SSSR count). The van der Waals surface area contributed by atoms with Crippen LogP contribution in [-0.2, 0) is 19.4 Å². The number of ether oxygens (including phenoxy) is 1. The molecule has 134 valence electrons. The number of carbonyl (C=O) groups is 1. The third-order valence-corrected chi connectivity index (χ3v) is 5.86. The maximum atomic E-state index is 12.6. The van der Waals surface area contributed by atoms with Crippen LogP contribution >= 0.6 is 0 Å². The van der Waals surface area contributed by atoms with E-state index < -0.39 is 21.0 Å². The van der Waals surface area contributed by atoms with Gasteiger partial charge in [-0.05, 0) is 31.9 Å². The SMILES string of the molecule is C[C@@H](C(=O)NC[C@H]1CCCO1)S(=O)(=O)c1nc(-c2ccccn2)n[nH]1. The first-order valence-electron chi connectivity index (χ1n) is 7.95. The third-order valence-electron chi connectivity index (χ3n) is 3.99. The molecule has 1 saturated heterocycles. The number of aromatic amines is 1. The third kappa shape index (κ3) is 3.85. The van der Waals surface area contributed by atoms with Gasteiger partial charge in [-0.25, -0.2) is 13.5 Å². The molecule has 1 amide bonds. The maximum Gasteiger partial charge on any atom is 0.244 e. The summed E-state index contributed by atoms with van der Waals surface area (Å²) in [6, 6.07) is 5.14. The van der Waals surface area contributed by atoms with Crippen molar-refractivity contribution in [2.45, 2.75) is 36.3 Å². The van der Waals surface area contributed by atoms with Crippen LogP contribution in [0.15, 0.2) is 29.6 Å². The van der Waals surface area contributed by atoms with Crippen molar-refractivity contribution in [1.82, 2.24) is 25.5 Å². The van der Waals surface area contributed by atoms with Gasteiger partial charge >= 0.3 is 0 Å². The average molecular weight is 365 g/mol. The number of nitrogens with zero attached hydrogens (tertiary/aromatic N) is 3. The van der Waals surface area contributed by atoms with E-state index in [1.807, 2.05) is 0 Å². The van der Waals surface area contributed by atoms with Gasteiger partial charge < -0.3 is 10.1 Å². The zero-order valence-corrected chi connectivity index (χ0v) is 14.5. The average Bonchev–Trinajstić information content (AvgIpc) is 3.31. The normalized spacial score (nSPS) is 18.8. The van der Waals surface area contributed by atoms with Crippen molar-refractivity contribution in [2.75, 3.05) is 13.2 Å². The van der Waals surface area contributed by atoms with E-state index in [4.69, 9.17) is 4.74 Å². The zero-order chi connectivity index (χ0) is 17.9. The molecule has 0 unspecified atom stereocenters. The lowest BCUT2D eigenvalue weighted by Crippen LogP contribution is -2.41. The summed E-state index contributed by atoms with van der Waals surface area (Å²) in [7, 11) is -3.98. The van der Waals surface area contributed by atoms with Crippen molar-refractivity contribution in [2.24, 2.45) is 0 Å². The Hall–Kier alpha value is -2.33. The topological polar surface area (TPSA) is 127 Å². The summed E-state index contributed by atoms with van der Waals surface area (Å²) >= 11 is 0. The Labute approximate surface area is 145 Å². The number of hydrogen-bond donors (Lipinski definition) is 2. The Morgan fingerprint density at radius 2 is 2.32 bits per heavy atom. The number of rotatable bonds is 6. The van der Waals surface area contributed by atoms with Gasteiger partial charge in [0.05, 0.1) is 6.10 Å². The Kier molecular flexibility index (Phi) is 5.09. The molecule has 2 atom stereocenters. The van der Waals surface area contributed by atoms with E-state index in [0.717, 1.165) is 12.8 Å².